The highest BCUT2D eigenvalue weighted by atomic mass is 35.5. The number of halogens is 3. The fourth-order valence-corrected chi connectivity index (χ4v) is 2.66. The Labute approximate surface area is 125 Å². The van der Waals surface area contributed by atoms with Gasteiger partial charge in [0.2, 0.25) is 0 Å². The first-order valence-electron chi connectivity index (χ1n) is 5.66. The first kappa shape index (κ1) is 12.7. The monoisotopic (exact) mass is 307 g/mol. The van der Waals surface area contributed by atoms with Crippen LogP contribution in [0.3, 0.4) is 0 Å². The minimum absolute atomic E-state index is 0.258. The maximum Gasteiger partial charge on any atom is 0.148 e. The van der Waals surface area contributed by atoms with Gasteiger partial charge in [-0.1, -0.05) is 77.3 Å². The molecular formula is C15H8Cl3N. The van der Waals surface area contributed by atoms with Crippen LogP contribution in [0.5, 0.6) is 0 Å². The molecule has 94 valence electrons. The molecule has 0 aliphatic heterocycles. The van der Waals surface area contributed by atoms with Gasteiger partial charge in [0, 0.05) is 5.56 Å². The lowest BCUT2D eigenvalue weighted by Gasteiger charge is -2.09. The summed E-state index contributed by atoms with van der Waals surface area (Å²) in [6.07, 6.45) is 0. The van der Waals surface area contributed by atoms with Crippen LogP contribution < -0.4 is 0 Å². The largest absolute Gasteiger partial charge is 0.233 e. The van der Waals surface area contributed by atoms with Gasteiger partial charge in [-0.3, -0.25) is 0 Å². The Bertz CT molecular complexity index is 763. The summed E-state index contributed by atoms with van der Waals surface area (Å²) in [7, 11) is 0. The molecule has 0 saturated heterocycles. The number of pyridine rings is 1. The van der Waals surface area contributed by atoms with Crippen molar-refractivity contribution in [3.63, 3.8) is 0 Å². The van der Waals surface area contributed by atoms with E-state index >= 15 is 0 Å². The summed E-state index contributed by atoms with van der Waals surface area (Å²) < 4.78 is 0. The number of hydrogen-bond donors (Lipinski definition) is 0. The number of fused-ring (bicyclic) bond motifs is 1. The smallest absolute Gasteiger partial charge is 0.148 e. The van der Waals surface area contributed by atoms with E-state index in [-0.39, 0.29) is 5.15 Å². The number of aromatic nitrogens is 1. The molecule has 3 rings (SSSR count). The molecule has 1 aromatic heterocycles. The maximum atomic E-state index is 6.23. The van der Waals surface area contributed by atoms with E-state index in [0.717, 1.165) is 16.3 Å². The van der Waals surface area contributed by atoms with Crippen LogP contribution in [-0.2, 0) is 0 Å². The van der Waals surface area contributed by atoms with Crippen LogP contribution in [0, 0.1) is 0 Å². The topological polar surface area (TPSA) is 12.9 Å². The van der Waals surface area contributed by atoms with Gasteiger partial charge in [0.25, 0.3) is 0 Å². The van der Waals surface area contributed by atoms with Gasteiger partial charge in [-0.05, 0) is 16.8 Å². The average Bonchev–Trinajstić information content (AvgIpc) is 2.42. The zero-order chi connectivity index (χ0) is 13.4. The second-order valence-electron chi connectivity index (χ2n) is 4.12. The predicted molar refractivity (Wildman–Crippen MR) is 82.2 cm³/mol. The number of nitrogens with zero attached hydrogens (tertiary/aromatic N) is 1. The first-order valence-corrected chi connectivity index (χ1v) is 6.80. The lowest BCUT2D eigenvalue weighted by atomic mass is 10.0. The molecule has 0 N–H and O–H groups in total. The van der Waals surface area contributed by atoms with E-state index in [4.69, 9.17) is 34.8 Å². The van der Waals surface area contributed by atoms with Gasteiger partial charge in [0.15, 0.2) is 0 Å². The molecule has 0 bridgehead atoms. The highest BCUT2D eigenvalue weighted by Crippen LogP contribution is 2.35. The summed E-state index contributed by atoms with van der Waals surface area (Å²) in [4.78, 5) is 4.29. The predicted octanol–water partition coefficient (Wildman–Crippen LogP) is 5.86. The van der Waals surface area contributed by atoms with E-state index in [2.05, 4.69) is 4.98 Å². The van der Waals surface area contributed by atoms with Crippen molar-refractivity contribution in [2.24, 2.45) is 0 Å². The van der Waals surface area contributed by atoms with Crippen molar-refractivity contribution in [1.82, 2.24) is 4.98 Å². The molecule has 0 spiro atoms. The van der Waals surface area contributed by atoms with Crippen molar-refractivity contribution < 1.29 is 0 Å². The molecule has 19 heavy (non-hydrogen) atoms. The van der Waals surface area contributed by atoms with E-state index in [9.17, 15) is 0 Å². The Balaban J connectivity index is 2.33. The van der Waals surface area contributed by atoms with Crippen molar-refractivity contribution in [2.45, 2.75) is 0 Å². The lowest BCUT2D eigenvalue weighted by molar-refractivity contribution is 1.33. The van der Waals surface area contributed by atoms with Gasteiger partial charge in [-0.15, -0.1) is 0 Å². The van der Waals surface area contributed by atoms with Crippen LogP contribution >= 0.6 is 34.8 Å². The molecule has 3 aromatic rings. The van der Waals surface area contributed by atoms with Crippen LogP contribution in [0.4, 0.5) is 0 Å². The van der Waals surface area contributed by atoms with Gasteiger partial charge in [-0.2, -0.15) is 0 Å². The second kappa shape index (κ2) is 5.01. The highest BCUT2D eigenvalue weighted by Gasteiger charge is 2.12. The quantitative estimate of drug-likeness (QED) is 0.513. The summed E-state index contributed by atoms with van der Waals surface area (Å²) in [5.41, 5.74) is 1.59. The molecule has 1 heterocycles. The first-order chi connectivity index (χ1) is 9.16. The summed E-state index contributed by atoms with van der Waals surface area (Å²) in [6.45, 7) is 0. The summed E-state index contributed by atoms with van der Waals surface area (Å²) in [5.74, 6) is 0. The highest BCUT2D eigenvalue weighted by molar-refractivity contribution is 6.43. The molecule has 2 aromatic carbocycles. The Kier molecular flexibility index (Phi) is 3.36. The fourth-order valence-electron chi connectivity index (χ4n) is 2.06. The molecule has 0 aliphatic rings. The van der Waals surface area contributed by atoms with Crippen molar-refractivity contribution in [3.8, 4) is 11.3 Å². The van der Waals surface area contributed by atoms with Crippen molar-refractivity contribution in [2.75, 3.05) is 0 Å². The Morgan fingerprint density at radius 3 is 2.37 bits per heavy atom. The lowest BCUT2D eigenvalue weighted by Crippen LogP contribution is -1.88. The second-order valence-corrected chi connectivity index (χ2v) is 5.29. The maximum absolute atomic E-state index is 6.23. The van der Waals surface area contributed by atoms with E-state index in [0.29, 0.717) is 15.7 Å². The third-order valence-corrected chi connectivity index (χ3v) is 3.89. The van der Waals surface area contributed by atoms with Crippen LogP contribution in [-0.4, -0.2) is 4.98 Å². The van der Waals surface area contributed by atoms with Crippen LogP contribution in [0.25, 0.3) is 22.0 Å². The van der Waals surface area contributed by atoms with Gasteiger partial charge < -0.3 is 0 Å². The fraction of sp³-hybridized carbons (Fsp3) is 0. The molecule has 0 atom stereocenters. The summed E-state index contributed by atoms with van der Waals surface area (Å²) >= 11 is 18.1. The molecule has 1 nitrogen and oxygen atoms in total. The third-order valence-electron chi connectivity index (χ3n) is 2.93. The Hall–Kier alpha value is -1.28. The number of hydrogen-bond acceptors (Lipinski definition) is 1. The SMILES string of the molecule is Clc1cc(Cl)c(-c2cccc3ccccc23)nc1Cl. The molecule has 0 saturated carbocycles. The van der Waals surface area contributed by atoms with Gasteiger partial charge in [0.1, 0.15) is 5.15 Å². The zero-order valence-electron chi connectivity index (χ0n) is 9.70. The van der Waals surface area contributed by atoms with E-state index in [1.54, 1.807) is 6.07 Å². The van der Waals surface area contributed by atoms with Crippen molar-refractivity contribution in [3.05, 3.63) is 63.7 Å². The standard InChI is InChI=1S/C15H8Cl3N/c16-12-8-13(17)15(18)19-14(12)11-7-3-5-9-4-1-2-6-10(9)11/h1-8H. The van der Waals surface area contributed by atoms with Gasteiger partial charge in [-0.25, -0.2) is 4.98 Å². The van der Waals surface area contributed by atoms with E-state index in [1.165, 1.54) is 0 Å². The molecular weight excluding hydrogens is 301 g/mol. The molecule has 0 fully saturated rings. The van der Waals surface area contributed by atoms with Crippen molar-refractivity contribution in [1.29, 1.82) is 0 Å². The van der Waals surface area contributed by atoms with Crippen LogP contribution in [0.15, 0.2) is 48.5 Å². The van der Waals surface area contributed by atoms with Crippen LogP contribution in [0.1, 0.15) is 0 Å². The Morgan fingerprint density at radius 1 is 0.789 bits per heavy atom. The van der Waals surface area contributed by atoms with E-state index < -0.39 is 0 Å². The third kappa shape index (κ3) is 2.30. The molecule has 0 aliphatic carbocycles. The normalized spacial score (nSPS) is 10.9. The molecule has 4 heteroatoms. The Morgan fingerprint density at radius 2 is 1.53 bits per heavy atom. The average molecular weight is 309 g/mol. The van der Waals surface area contributed by atoms with E-state index in [1.807, 2.05) is 42.5 Å². The van der Waals surface area contributed by atoms with Gasteiger partial charge >= 0.3 is 0 Å². The number of benzene rings is 2. The summed E-state index contributed by atoms with van der Waals surface area (Å²) in [5, 5.41) is 3.32. The molecule has 0 radical (unpaired) electrons. The van der Waals surface area contributed by atoms with Crippen LogP contribution in [0.2, 0.25) is 15.2 Å². The zero-order valence-corrected chi connectivity index (χ0v) is 12.0. The molecule has 0 amide bonds. The van der Waals surface area contributed by atoms with Crippen molar-refractivity contribution >= 4 is 45.6 Å². The minimum atomic E-state index is 0.258. The van der Waals surface area contributed by atoms with Gasteiger partial charge in [0.05, 0.1) is 15.7 Å². The minimum Gasteiger partial charge on any atom is -0.233 e. The number of rotatable bonds is 1. The molecule has 0 unspecified atom stereocenters. The summed E-state index contributed by atoms with van der Waals surface area (Å²) in [6, 6.07) is 15.7.